The Bertz CT molecular complexity index is 1200. The van der Waals surface area contributed by atoms with Gasteiger partial charge in [0.2, 0.25) is 11.9 Å². The first kappa shape index (κ1) is 23.8. The van der Waals surface area contributed by atoms with Crippen LogP contribution in [0.3, 0.4) is 0 Å². The first-order valence-electron chi connectivity index (χ1n) is 11.4. The summed E-state index contributed by atoms with van der Waals surface area (Å²) in [5.41, 5.74) is 1.60. The molecular formula is C24H25Cl2FN6O2. The maximum absolute atomic E-state index is 13.8. The lowest BCUT2D eigenvalue weighted by Gasteiger charge is -2.37. The lowest BCUT2D eigenvalue weighted by molar-refractivity contribution is 0.122. The van der Waals surface area contributed by atoms with E-state index < -0.39 is 5.82 Å². The van der Waals surface area contributed by atoms with Gasteiger partial charge in [-0.25, -0.2) is 4.39 Å². The maximum atomic E-state index is 13.8. The summed E-state index contributed by atoms with van der Waals surface area (Å²) in [5.74, 6) is 1.92. The van der Waals surface area contributed by atoms with Gasteiger partial charge in [-0.05, 0) is 36.4 Å². The third kappa shape index (κ3) is 5.22. The normalized spacial score (nSPS) is 16.5. The second-order valence-corrected chi connectivity index (χ2v) is 9.12. The molecule has 0 bridgehead atoms. The number of aromatic nitrogens is 3. The van der Waals surface area contributed by atoms with Gasteiger partial charge in [-0.1, -0.05) is 23.2 Å². The van der Waals surface area contributed by atoms with Crippen LogP contribution in [-0.4, -0.2) is 74.5 Å². The number of morpholine rings is 1. The Balaban J connectivity index is 1.43. The molecule has 2 aromatic carbocycles. The van der Waals surface area contributed by atoms with Crippen LogP contribution in [-0.2, 0) is 4.74 Å². The van der Waals surface area contributed by atoms with Crippen molar-refractivity contribution in [2.75, 3.05) is 74.3 Å². The van der Waals surface area contributed by atoms with Gasteiger partial charge < -0.3 is 24.2 Å². The van der Waals surface area contributed by atoms with Crippen LogP contribution in [0, 0.1) is 5.82 Å². The Hall–Kier alpha value is -2.88. The lowest BCUT2D eigenvalue weighted by atomic mass is 10.2. The van der Waals surface area contributed by atoms with Crippen LogP contribution in [0.4, 0.5) is 22.0 Å². The Kier molecular flexibility index (Phi) is 7.08. The minimum absolute atomic E-state index is 0.0291. The third-order valence-electron chi connectivity index (χ3n) is 6.13. The van der Waals surface area contributed by atoms with E-state index in [1.165, 1.54) is 6.07 Å². The van der Waals surface area contributed by atoms with E-state index in [-0.39, 0.29) is 5.02 Å². The standard InChI is InChI=1S/C24H25Cl2FN6O2/c1-34-21-5-3-17(25)15-20(21)31-6-8-32(9-7-31)23-28-22(16-2-4-19(27)18(26)14-16)29-24(30-23)33-10-12-35-13-11-33/h2-5,14-15H,6-13H2,1H3. The van der Waals surface area contributed by atoms with Gasteiger partial charge in [0.05, 0.1) is 31.0 Å². The van der Waals surface area contributed by atoms with E-state index >= 15 is 0 Å². The number of anilines is 3. The Morgan fingerprint density at radius 1 is 0.829 bits per heavy atom. The molecule has 0 amide bonds. The number of methoxy groups -OCH3 is 1. The number of benzene rings is 2. The molecule has 8 nitrogen and oxygen atoms in total. The van der Waals surface area contributed by atoms with Gasteiger partial charge in [0.25, 0.3) is 0 Å². The molecule has 2 aliphatic heterocycles. The fourth-order valence-corrected chi connectivity index (χ4v) is 4.57. The summed E-state index contributed by atoms with van der Waals surface area (Å²) in [6, 6.07) is 10.1. The van der Waals surface area contributed by atoms with Crippen molar-refractivity contribution in [1.29, 1.82) is 0 Å². The second kappa shape index (κ2) is 10.4. The summed E-state index contributed by atoms with van der Waals surface area (Å²) in [5, 5.41) is 0.694. The van der Waals surface area contributed by atoms with Crippen LogP contribution in [0.15, 0.2) is 36.4 Å². The quantitative estimate of drug-likeness (QED) is 0.498. The molecule has 2 saturated heterocycles. The van der Waals surface area contributed by atoms with Gasteiger partial charge in [-0.3, -0.25) is 0 Å². The molecular weight excluding hydrogens is 494 g/mol. The van der Waals surface area contributed by atoms with Gasteiger partial charge in [0.15, 0.2) is 5.82 Å². The highest BCUT2D eigenvalue weighted by molar-refractivity contribution is 6.31. The zero-order valence-electron chi connectivity index (χ0n) is 19.3. The Morgan fingerprint density at radius 3 is 2.14 bits per heavy atom. The number of hydrogen-bond acceptors (Lipinski definition) is 8. The molecule has 0 spiro atoms. The highest BCUT2D eigenvalue weighted by atomic mass is 35.5. The summed E-state index contributed by atoms with van der Waals surface area (Å²) in [6.07, 6.45) is 0. The van der Waals surface area contributed by atoms with Crippen LogP contribution < -0.4 is 19.4 Å². The molecule has 2 fully saturated rings. The van der Waals surface area contributed by atoms with Gasteiger partial charge in [0, 0.05) is 49.9 Å². The van der Waals surface area contributed by atoms with E-state index in [0.717, 1.165) is 24.5 Å². The van der Waals surface area contributed by atoms with E-state index in [0.29, 0.717) is 67.7 Å². The summed E-state index contributed by atoms with van der Waals surface area (Å²) in [4.78, 5) is 20.7. The highest BCUT2D eigenvalue weighted by Gasteiger charge is 2.25. The minimum Gasteiger partial charge on any atom is -0.495 e. The molecule has 3 aromatic rings. The Labute approximate surface area is 213 Å². The van der Waals surface area contributed by atoms with Crippen molar-refractivity contribution in [3.05, 3.63) is 52.3 Å². The monoisotopic (exact) mass is 518 g/mol. The zero-order chi connectivity index (χ0) is 24.4. The van der Waals surface area contributed by atoms with Crippen molar-refractivity contribution in [3.63, 3.8) is 0 Å². The van der Waals surface area contributed by atoms with Crippen molar-refractivity contribution < 1.29 is 13.9 Å². The van der Waals surface area contributed by atoms with Crippen molar-refractivity contribution in [3.8, 4) is 17.1 Å². The van der Waals surface area contributed by atoms with E-state index in [1.807, 2.05) is 18.2 Å². The number of nitrogens with zero attached hydrogens (tertiary/aromatic N) is 6. The Morgan fingerprint density at radius 2 is 1.49 bits per heavy atom. The SMILES string of the molecule is COc1ccc(Cl)cc1N1CCN(c2nc(-c3ccc(F)c(Cl)c3)nc(N3CCOCC3)n2)CC1. The fourth-order valence-electron chi connectivity index (χ4n) is 4.22. The molecule has 1 aromatic heterocycles. The van der Waals surface area contributed by atoms with Crippen LogP contribution in [0.25, 0.3) is 11.4 Å². The number of ether oxygens (including phenoxy) is 2. The topological polar surface area (TPSA) is 66.9 Å². The predicted octanol–water partition coefficient (Wildman–Crippen LogP) is 4.16. The molecule has 0 radical (unpaired) electrons. The molecule has 5 rings (SSSR count). The van der Waals surface area contributed by atoms with Crippen molar-refractivity contribution in [2.45, 2.75) is 0 Å². The molecule has 0 N–H and O–H groups in total. The van der Waals surface area contributed by atoms with Crippen LogP contribution >= 0.6 is 23.2 Å². The smallest absolute Gasteiger partial charge is 0.230 e. The average molecular weight is 519 g/mol. The van der Waals surface area contributed by atoms with Crippen LogP contribution in [0.1, 0.15) is 0 Å². The summed E-state index contributed by atoms with van der Waals surface area (Å²) >= 11 is 12.3. The van der Waals surface area contributed by atoms with Gasteiger partial charge in [-0.2, -0.15) is 15.0 Å². The van der Waals surface area contributed by atoms with Crippen LogP contribution in [0.2, 0.25) is 10.0 Å². The van der Waals surface area contributed by atoms with Crippen molar-refractivity contribution >= 4 is 40.8 Å². The van der Waals surface area contributed by atoms with Gasteiger partial charge in [0.1, 0.15) is 11.6 Å². The maximum Gasteiger partial charge on any atom is 0.230 e. The third-order valence-corrected chi connectivity index (χ3v) is 6.65. The second-order valence-electron chi connectivity index (χ2n) is 8.28. The lowest BCUT2D eigenvalue weighted by Crippen LogP contribution is -2.47. The molecule has 0 atom stereocenters. The molecule has 11 heteroatoms. The molecule has 0 unspecified atom stereocenters. The van der Waals surface area contributed by atoms with Crippen LogP contribution in [0.5, 0.6) is 5.75 Å². The molecule has 2 aliphatic rings. The molecule has 0 aliphatic carbocycles. The number of hydrogen-bond donors (Lipinski definition) is 0. The first-order chi connectivity index (χ1) is 17.0. The van der Waals surface area contributed by atoms with E-state index in [4.69, 9.17) is 42.6 Å². The summed E-state index contributed by atoms with van der Waals surface area (Å²) in [6.45, 7) is 5.49. The number of piperazine rings is 1. The number of halogens is 3. The minimum atomic E-state index is -0.481. The fraction of sp³-hybridized carbons (Fsp3) is 0.375. The predicted molar refractivity (Wildman–Crippen MR) is 136 cm³/mol. The summed E-state index contributed by atoms with van der Waals surface area (Å²) < 4.78 is 24.8. The molecule has 3 heterocycles. The largest absolute Gasteiger partial charge is 0.495 e. The molecule has 35 heavy (non-hydrogen) atoms. The first-order valence-corrected chi connectivity index (χ1v) is 12.1. The average Bonchev–Trinajstić information content (AvgIpc) is 2.90. The molecule has 0 saturated carbocycles. The number of rotatable bonds is 5. The van der Waals surface area contributed by atoms with E-state index in [2.05, 4.69) is 19.7 Å². The van der Waals surface area contributed by atoms with E-state index in [9.17, 15) is 4.39 Å². The zero-order valence-corrected chi connectivity index (χ0v) is 20.8. The summed E-state index contributed by atoms with van der Waals surface area (Å²) in [7, 11) is 1.66. The van der Waals surface area contributed by atoms with Crippen molar-refractivity contribution in [2.24, 2.45) is 0 Å². The van der Waals surface area contributed by atoms with Gasteiger partial charge in [-0.15, -0.1) is 0 Å². The molecule has 184 valence electrons. The highest BCUT2D eigenvalue weighted by Crippen LogP contribution is 2.32. The van der Waals surface area contributed by atoms with Gasteiger partial charge >= 0.3 is 0 Å². The van der Waals surface area contributed by atoms with Crippen molar-refractivity contribution in [1.82, 2.24) is 15.0 Å². The van der Waals surface area contributed by atoms with E-state index in [1.54, 1.807) is 19.2 Å².